The molecular weight excluding hydrogens is 350 g/mol. The Morgan fingerprint density at radius 2 is 1.89 bits per heavy atom. The van der Waals surface area contributed by atoms with Crippen LogP contribution in [0.25, 0.3) is 22.3 Å². The Morgan fingerprint density at radius 3 is 2.56 bits per heavy atom. The average molecular weight is 370 g/mol. The van der Waals surface area contributed by atoms with Gasteiger partial charge in [-0.3, -0.25) is 4.79 Å². The summed E-state index contributed by atoms with van der Waals surface area (Å²) in [5, 5.41) is 4.68. The molecule has 0 unspecified atom stereocenters. The van der Waals surface area contributed by atoms with E-state index in [1.165, 1.54) is 10.7 Å². The zero-order valence-electron chi connectivity index (χ0n) is 15.0. The minimum atomic E-state index is -2.65. The van der Waals surface area contributed by atoms with Crippen molar-refractivity contribution in [3.05, 3.63) is 47.7 Å². The molecule has 140 valence electrons. The van der Waals surface area contributed by atoms with Crippen molar-refractivity contribution >= 4 is 16.9 Å². The Kier molecular flexibility index (Phi) is 4.59. The highest BCUT2D eigenvalue weighted by Crippen LogP contribution is 2.33. The molecule has 3 aromatic rings. The van der Waals surface area contributed by atoms with Crippen LogP contribution in [0.3, 0.4) is 0 Å². The highest BCUT2D eigenvalue weighted by atomic mass is 19.3. The van der Waals surface area contributed by atoms with Gasteiger partial charge >= 0.3 is 0 Å². The van der Waals surface area contributed by atoms with E-state index < -0.39 is 6.43 Å². The summed E-state index contributed by atoms with van der Waals surface area (Å²) in [6, 6.07) is 10.6. The Labute approximate surface area is 155 Å². The van der Waals surface area contributed by atoms with Gasteiger partial charge in [0.25, 0.3) is 6.43 Å². The van der Waals surface area contributed by atoms with E-state index in [2.05, 4.69) is 10.1 Å². The fourth-order valence-corrected chi connectivity index (χ4v) is 3.62. The first-order valence-electron chi connectivity index (χ1n) is 9.04. The molecule has 0 atom stereocenters. The Morgan fingerprint density at radius 1 is 1.19 bits per heavy atom. The number of fused-ring (bicyclic) bond motifs is 1. The summed E-state index contributed by atoms with van der Waals surface area (Å²) in [5.74, 6) is -0.0533. The number of halogens is 2. The zero-order valence-corrected chi connectivity index (χ0v) is 15.0. The standard InChI is InChI=1S/C20H20F2N4O/c1-13-18-15(19(21)22)11-16(14-7-3-2-4-8-14)23-20(18)26(24-13)12-17(27)25-9-5-6-10-25/h2-4,7-8,11,19H,5-6,9-10,12H2,1H3. The van der Waals surface area contributed by atoms with E-state index >= 15 is 0 Å². The van der Waals surface area contributed by atoms with Crippen LogP contribution in [-0.2, 0) is 11.3 Å². The lowest BCUT2D eigenvalue weighted by Gasteiger charge is -2.15. The van der Waals surface area contributed by atoms with Crippen molar-refractivity contribution in [1.29, 1.82) is 0 Å². The Hall–Kier alpha value is -2.83. The van der Waals surface area contributed by atoms with E-state index in [4.69, 9.17) is 0 Å². The number of nitrogens with zero attached hydrogens (tertiary/aromatic N) is 4. The number of hydrogen-bond acceptors (Lipinski definition) is 3. The molecule has 0 saturated carbocycles. The number of benzene rings is 1. The van der Waals surface area contributed by atoms with Crippen LogP contribution in [0.2, 0.25) is 0 Å². The smallest absolute Gasteiger partial charge is 0.264 e. The monoisotopic (exact) mass is 370 g/mol. The fraction of sp³-hybridized carbons (Fsp3) is 0.350. The molecule has 7 heteroatoms. The summed E-state index contributed by atoms with van der Waals surface area (Å²) in [7, 11) is 0. The molecule has 3 heterocycles. The van der Waals surface area contributed by atoms with Crippen molar-refractivity contribution in [1.82, 2.24) is 19.7 Å². The van der Waals surface area contributed by atoms with Crippen LogP contribution in [-0.4, -0.2) is 38.7 Å². The van der Waals surface area contributed by atoms with E-state index in [0.717, 1.165) is 31.5 Å². The summed E-state index contributed by atoms with van der Waals surface area (Å²) >= 11 is 0. The molecule has 1 aromatic carbocycles. The number of rotatable bonds is 4. The second-order valence-corrected chi connectivity index (χ2v) is 6.79. The molecule has 0 spiro atoms. The summed E-state index contributed by atoms with van der Waals surface area (Å²) in [6.07, 6.45) is -0.656. The first-order valence-corrected chi connectivity index (χ1v) is 9.04. The topological polar surface area (TPSA) is 51.0 Å². The lowest BCUT2D eigenvalue weighted by molar-refractivity contribution is -0.130. The van der Waals surface area contributed by atoms with Gasteiger partial charge in [-0.1, -0.05) is 30.3 Å². The van der Waals surface area contributed by atoms with Crippen molar-refractivity contribution in [3.63, 3.8) is 0 Å². The van der Waals surface area contributed by atoms with Gasteiger partial charge in [-0.05, 0) is 25.8 Å². The van der Waals surface area contributed by atoms with Gasteiger partial charge in [0.1, 0.15) is 6.54 Å². The molecule has 1 amide bonds. The average Bonchev–Trinajstić information content (AvgIpc) is 3.31. The second kappa shape index (κ2) is 7.06. The van der Waals surface area contributed by atoms with Crippen molar-refractivity contribution in [2.45, 2.75) is 32.7 Å². The van der Waals surface area contributed by atoms with Crippen LogP contribution in [0.15, 0.2) is 36.4 Å². The van der Waals surface area contributed by atoms with Crippen LogP contribution in [0, 0.1) is 6.92 Å². The summed E-state index contributed by atoms with van der Waals surface area (Å²) in [6.45, 7) is 3.16. The van der Waals surface area contributed by atoms with Crippen molar-refractivity contribution in [3.8, 4) is 11.3 Å². The maximum atomic E-state index is 13.8. The summed E-state index contributed by atoms with van der Waals surface area (Å²) in [5.41, 5.74) is 1.89. The van der Waals surface area contributed by atoms with Crippen LogP contribution in [0.5, 0.6) is 0 Å². The van der Waals surface area contributed by atoms with Gasteiger partial charge < -0.3 is 4.90 Å². The van der Waals surface area contributed by atoms with Gasteiger partial charge in [-0.15, -0.1) is 0 Å². The minimum Gasteiger partial charge on any atom is -0.341 e. The van der Waals surface area contributed by atoms with E-state index in [0.29, 0.717) is 22.4 Å². The second-order valence-electron chi connectivity index (χ2n) is 6.79. The maximum absolute atomic E-state index is 13.8. The third-order valence-corrected chi connectivity index (χ3v) is 4.96. The molecule has 5 nitrogen and oxygen atoms in total. The molecule has 4 rings (SSSR count). The molecule has 0 aliphatic carbocycles. The SMILES string of the molecule is Cc1nn(CC(=O)N2CCCC2)c2nc(-c3ccccc3)cc(C(F)F)c12. The molecule has 1 aliphatic rings. The van der Waals surface area contributed by atoms with E-state index in [1.54, 1.807) is 11.8 Å². The highest BCUT2D eigenvalue weighted by molar-refractivity contribution is 5.87. The van der Waals surface area contributed by atoms with Crippen LogP contribution < -0.4 is 0 Å². The largest absolute Gasteiger partial charge is 0.341 e. The quantitative estimate of drug-likeness (QED) is 0.698. The summed E-state index contributed by atoms with van der Waals surface area (Å²) < 4.78 is 29.0. The van der Waals surface area contributed by atoms with Crippen molar-refractivity contribution in [2.24, 2.45) is 0 Å². The molecule has 1 saturated heterocycles. The van der Waals surface area contributed by atoms with Crippen LogP contribution >= 0.6 is 0 Å². The molecular formula is C20H20F2N4O. The predicted molar refractivity (Wildman–Crippen MR) is 98.5 cm³/mol. The van der Waals surface area contributed by atoms with Crippen molar-refractivity contribution < 1.29 is 13.6 Å². The van der Waals surface area contributed by atoms with Gasteiger partial charge in [0.05, 0.1) is 16.8 Å². The van der Waals surface area contributed by atoms with Gasteiger partial charge in [0.15, 0.2) is 5.65 Å². The maximum Gasteiger partial charge on any atom is 0.264 e. The van der Waals surface area contributed by atoms with E-state index in [1.807, 2.05) is 30.3 Å². The van der Waals surface area contributed by atoms with Crippen LogP contribution in [0.4, 0.5) is 8.78 Å². The predicted octanol–water partition coefficient (Wildman–Crippen LogP) is 3.97. The third-order valence-electron chi connectivity index (χ3n) is 4.96. The molecule has 0 bridgehead atoms. The number of alkyl halides is 2. The first-order chi connectivity index (χ1) is 13.0. The molecule has 0 N–H and O–H groups in total. The summed E-state index contributed by atoms with van der Waals surface area (Å²) in [4.78, 5) is 18.9. The zero-order chi connectivity index (χ0) is 19.0. The number of aryl methyl sites for hydroxylation is 1. The number of aromatic nitrogens is 3. The number of carbonyl (C=O) groups excluding carboxylic acids is 1. The number of amides is 1. The number of hydrogen-bond donors (Lipinski definition) is 0. The van der Waals surface area contributed by atoms with Gasteiger partial charge in [0.2, 0.25) is 5.91 Å². The highest BCUT2D eigenvalue weighted by Gasteiger charge is 2.24. The molecule has 2 aromatic heterocycles. The van der Waals surface area contributed by atoms with E-state index in [9.17, 15) is 13.6 Å². The molecule has 0 radical (unpaired) electrons. The lowest BCUT2D eigenvalue weighted by atomic mass is 10.1. The Bertz CT molecular complexity index is 979. The van der Waals surface area contributed by atoms with Crippen molar-refractivity contribution in [2.75, 3.05) is 13.1 Å². The minimum absolute atomic E-state index is 0.0122. The first kappa shape index (κ1) is 17.6. The Balaban J connectivity index is 1.82. The third kappa shape index (κ3) is 3.29. The molecule has 27 heavy (non-hydrogen) atoms. The van der Waals surface area contributed by atoms with Gasteiger partial charge in [0, 0.05) is 24.2 Å². The number of pyridine rings is 1. The lowest BCUT2D eigenvalue weighted by Crippen LogP contribution is -2.31. The van der Waals surface area contributed by atoms with E-state index in [-0.39, 0.29) is 18.0 Å². The van der Waals surface area contributed by atoms with Gasteiger partial charge in [-0.2, -0.15) is 5.10 Å². The number of likely N-dealkylation sites (tertiary alicyclic amines) is 1. The van der Waals surface area contributed by atoms with Crippen LogP contribution in [0.1, 0.15) is 30.5 Å². The number of carbonyl (C=O) groups is 1. The molecule has 1 aliphatic heterocycles. The van der Waals surface area contributed by atoms with Gasteiger partial charge in [-0.25, -0.2) is 18.4 Å². The normalized spacial score (nSPS) is 14.4. The molecule has 1 fully saturated rings. The fourth-order valence-electron chi connectivity index (χ4n) is 3.62.